The van der Waals surface area contributed by atoms with E-state index < -0.39 is 0 Å². The number of rotatable bonds is 6. The van der Waals surface area contributed by atoms with Crippen molar-refractivity contribution in [3.8, 4) is 0 Å². The lowest BCUT2D eigenvalue weighted by atomic mass is 10.2. The molecule has 0 unspecified atom stereocenters. The van der Waals surface area contributed by atoms with Crippen molar-refractivity contribution in [3.63, 3.8) is 0 Å². The molecule has 0 aromatic carbocycles. The van der Waals surface area contributed by atoms with Gasteiger partial charge in [-0.2, -0.15) is 4.73 Å². The van der Waals surface area contributed by atoms with Gasteiger partial charge in [-0.1, -0.05) is 11.6 Å². The Kier molecular flexibility index (Phi) is 6.08. The summed E-state index contributed by atoms with van der Waals surface area (Å²) in [4.78, 5) is 27.8. The summed E-state index contributed by atoms with van der Waals surface area (Å²) < 4.78 is 0.612. The van der Waals surface area contributed by atoms with Gasteiger partial charge in [0.25, 0.3) is 11.8 Å². The molecule has 2 aromatic heterocycles. The van der Waals surface area contributed by atoms with E-state index in [0.29, 0.717) is 28.3 Å². The molecule has 0 spiro atoms. The van der Waals surface area contributed by atoms with Crippen molar-refractivity contribution < 1.29 is 14.3 Å². The summed E-state index contributed by atoms with van der Waals surface area (Å²) in [5.74, 6) is -0.568. The third kappa shape index (κ3) is 5.20. The lowest BCUT2D eigenvalue weighted by Gasteiger charge is -2.14. The molecule has 2 amide bonds. The zero-order chi connectivity index (χ0) is 17.5. The van der Waals surface area contributed by atoms with Crippen LogP contribution in [0, 0.1) is 5.21 Å². The van der Waals surface area contributed by atoms with E-state index in [0.717, 1.165) is 0 Å². The fraction of sp³-hybridized carbons (Fsp3) is 0.250. The maximum absolute atomic E-state index is 12.0. The molecule has 2 aromatic rings. The molecule has 2 heterocycles. The first-order valence-corrected chi connectivity index (χ1v) is 7.73. The third-order valence-corrected chi connectivity index (χ3v) is 3.49. The van der Waals surface area contributed by atoms with Crippen LogP contribution < -0.4 is 15.4 Å². The van der Waals surface area contributed by atoms with Crippen LogP contribution in [0.25, 0.3) is 0 Å². The zero-order valence-electron chi connectivity index (χ0n) is 13.0. The molecule has 7 nitrogen and oxygen atoms in total. The Balaban J connectivity index is 1.75. The molecular formula is C16H17ClN4O3. The van der Waals surface area contributed by atoms with Gasteiger partial charge in [0.1, 0.15) is 5.69 Å². The fourth-order valence-corrected chi connectivity index (χ4v) is 2.06. The molecule has 0 aliphatic rings. The van der Waals surface area contributed by atoms with Gasteiger partial charge in [0.15, 0.2) is 12.4 Å². The smallest absolute Gasteiger partial charge is 0.269 e. The number of hydrogen-bond donors (Lipinski definition) is 2. The Hall–Kier alpha value is -2.67. The maximum Gasteiger partial charge on any atom is 0.269 e. The predicted molar refractivity (Wildman–Crippen MR) is 88.5 cm³/mol. The summed E-state index contributed by atoms with van der Waals surface area (Å²) in [5.41, 5.74) is 0.689. The molecule has 0 bridgehead atoms. The van der Waals surface area contributed by atoms with Gasteiger partial charge in [0.2, 0.25) is 0 Å². The van der Waals surface area contributed by atoms with E-state index >= 15 is 0 Å². The number of carbonyl (C=O) groups excluding carboxylic acids is 2. The minimum Gasteiger partial charge on any atom is -0.619 e. The fourth-order valence-electron chi connectivity index (χ4n) is 1.95. The number of halogens is 1. The highest BCUT2D eigenvalue weighted by Crippen LogP contribution is 2.06. The monoisotopic (exact) mass is 348 g/mol. The lowest BCUT2D eigenvalue weighted by Crippen LogP contribution is -2.36. The second-order valence-electron chi connectivity index (χ2n) is 5.23. The highest BCUT2D eigenvalue weighted by Gasteiger charge is 2.12. The first-order valence-electron chi connectivity index (χ1n) is 7.35. The van der Waals surface area contributed by atoms with Gasteiger partial charge in [-0.05, 0) is 25.5 Å². The van der Waals surface area contributed by atoms with Gasteiger partial charge in [-0.15, -0.1) is 0 Å². The van der Waals surface area contributed by atoms with Crippen molar-refractivity contribution >= 4 is 23.4 Å². The molecule has 0 aliphatic carbocycles. The maximum atomic E-state index is 12.0. The Labute approximate surface area is 144 Å². The van der Waals surface area contributed by atoms with Crippen molar-refractivity contribution in [2.24, 2.45) is 0 Å². The van der Waals surface area contributed by atoms with E-state index in [-0.39, 0.29) is 23.6 Å². The standard InChI is InChI=1S/C16H17ClN4O3/c1-11(20-15(22)12-5-8-21(24)9-6-12)4-7-18-16(23)14-3-2-13(17)10-19-14/h2-3,5-6,8-11H,4,7H2,1H3,(H,18,23)(H,20,22)/t11-/m0/s1. The number of nitrogens with zero attached hydrogens (tertiary/aromatic N) is 2. The highest BCUT2D eigenvalue weighted by molar-refractivity contribution is 6.30. The Morgan fingerprint density at radius 3 is 2.58 bits per heavy atom. The molecule has 0 saturated carbocycles. The van der Waals surface area contributed by atoms with Crippen LogP contribution in [0.3, 0.4) is 0 Å². The molecule has 2 N–H and O–H groups in total. The number of carbonyl (C=O) groups is 2. The van der Waals surface area contributed by atoms with E-state index in [2.05, 4.69) is 15.6 Å². The SMILES string of the molecule is C[C@@H](CCNC(=O)c1ccc(Cl)cn1)NC(=O)c1cc[n+]([O-])cc1. The molecule has 126 valence electrons. The quantitative estimate of drug-likeness (QED) is 0.607. The minimum atomic E-state index is -0.298. The summed E-state index contributed by atoms with van der Waals surface area (Å²) in [6, 6.07) is 5.89. The zero-order valence-corrected chi connectivity index (χ0v) is 13.8. The average molecular weight is 349 g/mol. The van der Waals surface area contributed by atoms with Crippen molar-refractivity contribution in [1.29, 1.82) is 0 Å². The summed E-state index contributed by atoms with van der Waals surface area (Å²) >= 11 is 5.72. The second-order valence-corrected chi connectivity index (χ2v) is 5.66. The Morgan fingerprint density at radius 1 is 1.25 bits per heavy atom. The number of aromatic nitrogens is 2. The lowest BCUT2D eigenvalue weighted by molar-refractivity contribution is -0.605. The van der Waals surface area contributed by atoms with E-state index in [1.807, 2.05) is 6.92 Å². The Bertz CT molecular complexity index is 704. The highest BCUT2D eigenvalue weighted by atomic mass is 35.5. The average Bonchev–Trinajstić information content (AvgIpc) is 2.55. The number of hydrogen-bond acceptors (Lipinski definition) is 4. The molecule has 1 atom stereocenters. The summed E-state index contributed by atoms with van der Waals surface area (Å²) in [7, 11) is 0. The van der Waals surface area contributed by atoms with Crippen LogP contribution in [0.4, 0.5) is 0 Å². The molecule has 0 aliphatic heterocycles. The third-order valence-electron chi connectivity index (χ3n) is 3.26. The largest absolute Gasteiger partial charge is 0.619 e. The van der Waals surface area contributed by atoms with Gasteiger partial charge in [0.05, 0.1) is 10.6 Å². The number of nitrogens with one attached hydrogen (secondary N) is 2. The van der Waals surface area contributed by atoms with Crippen molar-refractivity contribution in [1.82, 2.24) is 15.6 Å². The molecule has 24 heavy (non-hydrogen) atoms. The van der Waals surface area contributed by atoms with Crippen LogP contribution in [-0.2, 0) is 0 Å². The van der Waals surface area contributed by atoms with Gasteiger partial charge >= 0.3 is 0 Å². The van der Waals surface area contributed by atoms with Crippen molar-refractivity contribution in [2.75, 3.05) is 6.54 Å². The minimum absolute atomic E-state index is 0.143. The van der Waals surface area contributed by atoms with Gasteiger partial charge in [0, 0.05) is 30.9 Å². The van der Waals surface area contributed by atoms with E-state index in [9.17, 15) is 14.8 Å². The molecule has 2 rings (SSSR count). The number of pyridine rings is 2. The topological polar surface area (TPSA) is 98.0 Å². The van der Waals surface area contributed by atoms with Gasteiger partial charge in [-0.25, -0.2) is 4.98 Å². The van der Waals surface area contributed by atoms with Crippen LogP contribution in [0.1, 0.15) is 34.2 Å². The first kappa shape index (κ1) is 17.7. The molecule has 0 fully saturated rings. The van der Waals surface area contributed by atoms with E-state index in [1.54, 1.807) is 12.1 Å². The summed E-state index contributed by atoms with van der Waals surface area (Å²) in [6.45, 7) is 2.22. The van der Waals surface area contributed by atoms with Crippen LogP contribution >= 0.6 is 11.6 Å². The van der Waals surface area contributed by atoms with Crippen molar-refractivity contribution in [2.45, 2.75) is 19.4 Å². The normalized spacial score (nSPS) is 11.6. The van der Waals surface area contributed by atoms with Gasteiger partial charge in [-0.3, -0.25) is 9.59 Å². The molecule has 0 radical (unpaired) electrons. The van der Waals surface area contributed by atoms with E-state index in [4.69, 9.17) is 11.6 Å². The Morgan fingerprint density at radius 2 is 1.96 bits per heavy atom. The van der Waals surface area contributed by atoms with Crippen LogP contribution in [-0.4, -0.2) is 29.4 Å². The second kappa shape index (κ2) is 8.26. The van der Waals surface area contributed by atoms with Crippen molar-refractivity contribution in [3.05, 3.63) is 64.3 Å². The summed E-state index contributed by atoms with van der Waals surface area (Å²) in [5, 5.41) is 16.9. The van der Waals surface area contributed by atoms with Gasteiger partial charge < -0.3 is 15.8 Å². The molecule has 8 heteroatoms. The molecule has 0 saturated heterocycles. The summed E-state index contributed by atoms with van der Waals surface area (Å²) in [6.07, 6.45) is 4.49. The number of amides is 2. The molecular weight excluding hydrogens is 332 g/mol. The van der Waals surface area contributed by atoms with Crippen LogP contribution in [0.2, 0.25) is 5.02 Å². The van der Waals surface area contributed by atoms with E-state index in [1.165, 1.54) is 30.7 Å². The van der Waals surface area contributed by atoms with Crippen LogP contribution in [0.5, 0.6) is 0 Å². The first-order chi connectivity index (χ1) is 11.5. The van der Waals surface area contributed by atoms with Crippen LogP contribution in [0.15, 0.2) is 42.9 Å². The predicted octanol–water partition coefficient (Wildman–Crippen LogP) is 1.31.